The minimum absolute atomic E-state index is 0.0158. The Morgan fingerprint density at radius 1 is 1.17 bits per heavy atom. The number of rotatable bonds is 6. The third-order valence-corrected chi connectivity index (χ3v) is 5.32. The minimum Gasteiger partial charge on any atom is -0.352 e. The van der Waals surface area contributed by atoms with E-state index in [1.54, 1.807) is 29.2 Å². The Kier molecular flexibility index (Phi) is 7.47. The highest BCUT2D eigenvalue weighted by atomic mass is 35.5. The molecule has 2 aromatic rings. The van der Waals surface area contributed by atoms with Gasteiger partial charge >= 0.3 is 6.03 Å². The van der Waals surface area contributed by atoms with Crippen LogP contribution in [-0.4, -0.2) is 29.9 Å². The molecule has 1 fully saturated rings. The van der Waals surface area contributed by atoms with Crippen molar-refractivity contribution >= 4 is 29.2 Å². The average molecular weight is 418 g/mol. The van der Waals surface area contributed by atoms with E-state index in [0.29, 0.717) is 37.5 Å². The SMILES string of the molecule is O=C(CCC1CCCN(C(=O)Nc2ccccc2F)C1)NCc1cccc(Cl)c1. The van der Waals surface area contributed by atoms with E-state index in [4.69, 9.17) is 11.6 Å². The average Bonchev–Trinajstić information content (AvgIpc) is 2.72. The molecule has 2 aromatic carbocycles. The van der Waals surface area contributed by atoms with Crippen molar-refractivity contribution in [2.24, 2.45) is 5.92 Å². The van der Waals surface area contributed by atoms with Crippen LogP contribution in [0, 0.1) is 11.7 Å². The van der Waals surface area contributed by atoms with Crippen LogP contribution in [0.4, 0.5) is 14.9 Å². The number of nitrogens with one attached hydrogen (secondary N) is 2. The first-order valence-corrected chi connectivity index (χ1v) is 10.2. The molecule has 0 spiro atoms. The molecule has 3 rings (SSSR count). The summed E-state index contributed by atoms with van der Waals surface area (Å²) in [5.74, 6) is -0.212. The molecule has 1 aliphatic rings. The Labute approximate surface area is 175 Å². The highest BCUT2D eigenvalue weighted by Crippen LogP contribution is 2.22. The second kappa shape index (κ2) is 10.3. The van der Waals surface area contributed by atoms with Crippen molar-refractivity contribution < 1.29 is 14.0 Å². The van der Waals surface area contributed by atoms with Crippen LogP contribution in [0.1, 0.15) is 31.2 Å². The largest absolute Gasteiger partial charge is 0.352 e. The predicted octanol–water partition coefficient (Wildman–Crippen LogP) is 4.82. The van der Waals surface area contributed by atoms with Crippen LogP contribution in [0.3, 0.4) is 0 Å². The van der Waals surface area contributed by atoms with Crippen molar-refractivity contribution in [2.45, 2.75) is 32.2 Å². The predicted molar refractivity (Wildman–Crippen MR) is 112 cm³/mol. The summed E-state index contributed by atoms with van der Waals surface area (Å²) in [5, 5.41) is 6.18. The molecule has 0 saturated carbocycles. The smallest absolute Gasteiger partial charge is 0.321 e. The zero-order valence-electron chi connectivity index (χ0n) is 16.2. The molecule has 1 atom stereocenters. The number of hydrogen-bond acceptors (Lipinski definition) is 2. The molecular weight excluding hydrogens is 393 g/mol. The fourth-order valence-electron chi connectivity index (χ4n) is 3.51. The number of benzene rings is 2. The van der Waals surface area contributed by atoms with E-state index in [2.05, 4.69) is 10.6 Å². The van der Waals surface area contributed by atoms with Crippen LogP contribution in [0.5, 0.6) is 0 Å². The molecule has 0 radical (unpaired) electrons. The molecule has 154 valence electrons. The maximum absolute atomic E-state index is 13.7. The second-order valence-electron chi connectivity index (χ2n) is 7.31. The van der Waals surface area contributed by atoms with E-state index >= 15 is 0 Å². The fraction of sp³-hybridized carbons (Fsp3) is 0.364. The number of amides is 3. The minimum atomic E-state index is -0.453. The zero-order chi connectivity index (χ0) is 20.6. The van der Waals surface area contributed by atoms with Crippen LogP contribution >= 0.6 is 11.6 Å². The number of nitrogens with zero attached hydrogens (tertiary/aromatic N) is 1. The van der Waals surface area contributed by atoms with Gasteiger partial charge in [0, 0.05) is 31.1 Å². The van der Waals surface area contributed by atoms with Gasteiger partial charge in [-0.1, -0.05) is 35.9 Å². The van der Waals surface area contributed by atoms with Gasteiger partial charge in [0.25, 0.3) is 0 Å². The standard InChI is InChI=1S/C22H25ClFN3O2/c23-18-7-3-5-17(13-18)14-25-21(28)11-10-16-6-4-12-27(15-16)22(29)26-20-9-2-1-8-19(20)24/h1-3,5,7-9,13,16H,4,6,10-12,14-15H2,(H,25,28)(H,26,29). The van der Waals surface area contributed by atoms with Gasteiger partial charge in [0.15, 0.2) is 0 Å². The maximum Gasteiger partial charge on any atom is 0.321 e. The number of halogens is 2. The number of piperidine rings is 1. The van der Waals surface area contributed by atoms with Crippen molar-refractivity contribution in [1.82, 2.24) is 10.2 Å². The van der Waals surface area contributed by atoms with E-state index < -0.39 is 5.82 Å². The lowest BCUT2D eigenvalue weighted by Crippen LogP contribution is -2.42. The summed E-state index contributed by atoms with van der Waals surface area (Å²) < 4.78 is 13.7. The van der Waals surface area contributed by atoms with E-state index in [-0.39, 0.29) is 23.5 Å². The summed E-state index contributed by atoms with van der Waals surface area (Å²) in [6.07, 6.45) is 2.98. The summed E-state index contributed by atoms with van der Waals surface area (Å²) in [4.78, 5) is 26.3. The molecule has 2 N–H and O–H groups in total. The highest BCUT2D eigenvalue weighted by Gasteiger charge is 2.24. The molecule has 3 amide bonds. The number of anilines is 1. The van der Waals surface area contributed by atoms with Gasteiger partial charge in [0.1, 0.15) is 5.82 Å². The molecule has 1 heterocycles. The molecule has 7 heteroatoms. The molecule has 1 aliphatic heterocycles. The van der Waals surface area contributed by atoms with Crippen molar-refractivity contribution in [2.75, 3.05) is 18.4 Å². The van der Waals surface area contributed by atoms with Gasteiger partial charge in [-0.2, -0.15) is 0 Å². The van der Waals surface area contributed by atoms with Crippen LogP contribution in [0.25, 0.3) is 0 Å². The summed E-state index contributed by atoms with van der Waals surface area (Å²) in [6, 6.07) is 13.2. The first-order valence-electron chi connectivity index (χ1n) is 9.83. The zero-order valence-corrected chi connectivity index (χ0v) is 16.9. The van der Waals surface area contributed by atoms with Crippen molar-refractivity contribution in [3.05, 3.63) is 64.9 Å². The van der Waals surface area contributed by atoms with E-state index in [9.17, 15) is 14.0 Å². The molecule has 0 bridgehead atoms. The molecule has 1 saturated heterocycles. The Hall–Kier alpha value is -2.60. The molecule has 29 heavy (non-hydrogen) atoms. The quantitative estimate of drug-likeness (QED) is 0.707. The van der Waals surface area contributed by atoms with Crippen LogP contribution in [0.2, 0.25) is 5.02 Å². The van der Waals surface area contributed by atoms with E-state index in [1.807, 2.05) is 18.2 Å². The number of likely N-dealkylation sites (tertiary alicyclic amines) is 1. The molecule has 0 aliphatic carbocycles. The van der Waals surface area contributed by atoms with E-state index in [0.717, 1.165) is 18.4 Å². The van der Waals surface area contributed by atoms with Gasteiger partial charge in [-0.25, -0.2) is 9.18 Å². The Morgan fingerprint density at radius 3 is 2.79 bits per heavy atom. The fourth-order valence-corrected chi connectivity index (χ4v) is 3.73. The monoisotopic (exact) mass is 417 g/mol. The summed E-state index contributed by atoms with van der Waals surface area (Å²) in [7, 11) is 0. The molecule has 5 nitrogen and oxygen atoms in total. The first kappa shape index (κ1) is 21.1. The maximum atomic E-state index is 13.7. The molecule has 1 unspecified atom stereocenters. The normalized spacial score (nSPS) is 16.3. The van der Waals surface area contributed by atoms with Gasteiger partial charge in [0.2, 0.25) is 5.91 Å². The Bertz CT molecular complexity index is 861. The molecule has 0 aromatic heterocycles. The number of hydrogen-bond donors (Lipinski definition) is 2. The highest BCUT2D eigenvalue weighted by molar-refractivity contribution is 6.30. The lowest BCUT2D eigenvalue weighted by molar-refractivity contribution is -0.121. The van der Waals surface area contributed by atoms with Gasteiger partial charge in [-0.15, -0.1) is 0 Å². The topological polar surface area (TPSA) is 61.4 Å². The summed E-state index contributed by atoms with van der Waals surface area (Å²) in [6.45, 7) is 1.65. The van der Waals surface area contributed by atoms with Crippen LogP contribution in [-0.2, 0) is 11.3 Å². The Morgan fingerprint density at radius 2 is 2.00 bits per heavy atom. The third kappa shape index (κ3) is 6.46. The molecular formula is C22H25ClFN3O2. The lowest BCUT2D eigenvalue weighted by Gasteiger charge is -2.32. The number of carbonyl (C=O) groups excluding carboxylic acids is 2. The van der Waals surface area contributed by atoms with E-state index in [1.165, 1.54) is 6.07 Å². The van der Waals surface area contributed by atoms with Gasteiger partial charge in [-0.3, -0.25) is 4.79 Å². The number of carbonyl (C=O) groups is 2. The van der Waals surface area contributed by atoms with Crippen LogP contribution < -0.4 is 10.6 Å². The Balaban J connectivity index is 1.42. The third-order valence-electron chi connectivity index (χ3n) is 5.08. The first-order chi connectivity index (χ1) is 14.0. The van der Waals surface area contributed by atoms with Crippen molar-refractivity contribution in [3.63, 3.8) is 0 Å². The van der Waals surface area contributed by atoms with Gasteiger partial charge in [-0.05, 0) is 55.0 Å². The number of urea groups is 1. The van der Waals surface area contributed by atoms with Crippen LogP contribution in [0.15, 0.2) is 48.5 Å². The second-order valence-corrected chi connectivity index (χ2v) is 7.75. The van der Waals surface area contributed by atoms with Gasteiger partial charge < -0.3 is 15.5 Å². The lowest BCUT2D eigenvalue weighted by atomic mass is 9.93. The van der Waals surface area contributed by atoms with Crippen molar-refractivity contribution in [3.8, 4) is 0 Å². The van der Waals surface area contributed by atoms with Gasteiger partial charge in [0.05, 0.1) is 5.69 Å². The number of para-hydroxylation sites is 1. The summed E-state index contributed by atoms with van der Waals surface area (Å²) >= 11 is 5.95. The summed E-state index contributed by atoms with van der Waals surface area (Å²) in [5.41, 5.74) is 1.14. The van der Waals surface area contributed by atoms with Crippen molar-refractivity contribution in [1.29, 1.82) is 0 Å².